The summed E-state index contributed by atoms with van der Waals surface area (Å²) in [5.41, 5.74) is 7.03. The minimum atomic E-state index is 0.298. The normalized spacial score (nSPS) is 19.7. The lowest BCUT2D eigenvalue weighted by molar-refractivity contribution is 0.143. The van der Waals surface area contributed by atoms with E-state index in [0.29, 0.717) is 12.0 Å². The lowest BCUT2D eigenvalue weighted by Crippen LogP contribution is -2.38. The summed E-state index contributed by atoms with van der Waals surface area (Å²) in [6.07, 6.45) is 1.33. The summed E-state index contributed by atoms with van der Waals surface area (Å²) in [4.78, 5) is 2.44. The Morgan fingerprint density at radius 2 is 2.22 bits per heavy atom. The van der Waals surface area contributed by atoms with Gasteiger partial charge in [-0.1, -0.05) is 32.0 Å². The van der Waals surface area contributed by atoms with E-state index in [1.54, 1.807) is 0 Å². The van der Waals surface area contributed by atoms with Gasteiger partial charge in [-0.25, -0.2) is 0 Å². The third-order valence-corrected chi connectivity index (χ3v) is 3.60. The molecule has 2 atom stereocenters. The van der Waals surface area contributed by atoms with Gasteiger partial charge in [0.15, 0.2) is 0 Å². The maximum atomic E-state index is 5.98. The van der Waals surface area contributed by atoms with Gasteiger partial charge in [-0.15, -0.1) is 0 Å². The number of likely N-dealkylation sites (N-methyl/N-ethyl adjacent to an activating group) is 1. The average Bonchev–Trinajstić information content (AvgIpc) is 2.79. The predicted molar refractivity (Wildman–Crippen MR) is 74.9 cm³/mol. The molecule has 0 fully saturated rings. The van der Waals surface area contributed by atoms with E-state index in [4.69, 9.17) is 10.5 Å². The Bertz CT molecular complexity index is 356. The summed E-state index contributed by atoms with van der Waals surface area (Å²) in [7, 11) is 0. The van der Waals surface area contributed by atoms with E-state index in [1.165, 1.54) is 5.56 Å². The van der Waals surface area contributed by atoms with Crippen LogP contribution in [0.1, 0.15) is 19.4 Å². The molecular formula is C15H24N2O. The molecule has 1 aliphatic heterocycles. The zero-order chi connectivity index (χ0) is 13.0. The Balaban J connectivity index is 1.87. The number of benzene rings is 1. The van der Waals surface area contributed by atoms with E-state index in [-0.39, 0.29) is 0 Å². The highest BCUT2D eigenvalue weighted by Gasteiger charge is 2.24. The van der Waals surface area contributed by atoms with Gasteiger partial charge in [0.25, 0.3) is 0 Å². The molecule has 0 radical (unpaired) electrons. The third kappa shape index (κ3) is 3.24. The SMILES string of the molecule is CCN(CC(C)CN)CC1Cc2ccccc2O1. The molecule has 1 aliphatic rings. The minimum Gasteiger partial charge on any atom is -0.488 e. The van der Waals surface area contributed by atoms with Gasteiger partial charge in [0.2, 0.25) is 0 Å². The lowest BCUT2D eigenvalue weighted by atomic mass is 10.1. The topological polar surface area (TPSA) is 38.5 Å². The summed E-state index contributed by atoms with van der Waals surface area (Å²) in [5.74, 6) is 1.61. The molecule has 18 heavy (non-hydrogen) atoms. The first-order valence-corrected chi connectivity index (χ1v) is 6.90. The molecule has 0 saturated heterocycles. The molecule has 2 rings (SSSR count). The van der Waals surface area contributed by atoms with Crippen LogP contribution in [0.5, 0.6) is 5.75 Å². The molecule has 2 N–H and O–H groups in total. The summed E-state index contributed by atoms with van der Waals surface area (Å²) >= 11 is 0. The van der Waals surface area contributed by atoms with Crippen LogP contribution in [-0.2, 0) is 6.42 Å². The van der Waals surface area contributed by atoms with E-state index < -0.39 is 0 Å². The summed E-state index contributed by atoms with van der Waals surface area (Å²) in [6.45, 7) is 8.26. The van der Waals surface area contributed by atoms with Crippen molar-refractivity contribution in [2.24, 2.45) is 11.7 Å². The van der Waals surface area contributed by atoms with Gasteiger partial charge in [-0.2, -0.15) is 0 Å². The highest BCUT2D eigenvalue weighted by molar-refractivity contribution is 5.37. The van der Waals surface area contributed by atoms with Crippen molar-refractivity contribution < 1.29 is 4.74 Å². The van der Waals surface area contributed by atoms with E-state index in [9.17, 15) is 0 Å². The van der Waals surface area contributed by atoms with Crippen molar-refractivity contribution in [2.45, 2.75) is 26.4 Å². The Kier molecular flexibility index (Phi) is 4.61. The molecule has 1 aromatic rings. The first-order valence-electron chi connectivity index (χ1n) is 6.90. The first-order chi connectivity index (χ1) is 8.72. The number of ether oxygens (including phenoxy) is 1. The van der Waals surface area contributed by atoms with Gasteiger partial charge in [0.05, 0.1) is 0 Å². The maximum absolute atomic E-state index is 5.98. The van der Waals surface area contributed by atoms with Crippen molar-refractivity contribution in [1.29, 1.82) is 0 Å². The average molecular weight is 248 g/mol. The van der Waals surface area contributed by atoms with Crippen molar-refractivity contribution in [2.75, 3.05) is 26.2 Å². The monoisotopic (exact) mass is 248 g/mol. The molecule has 0 bridgehead atoms. The summed E-state index contributed by atoms with van der Waals surface area (Å²) in [6, 6.07) is 8.34. The summed E-state index contributed by atoms with van der Waals surface area (Å²) < 4.78 is 5.98. The molecule has 100 valence electrons. The molecule has 0 aromatic heterocycles. The van der Waals surface area contributed by atoms with Gasteiger partial charge in [-0.05, 0) is 30.6 Å². The largest absolute Gasteiger partial charge is 0.488 e. The van der Waals surface area contributed by atoms with Crippen LogP contribution in [0, 0.1) is 5.92 Å². The summed E-state index contributed by atoms with van der Waals surface area (Å²) in [5, 5.41) is 0. The highest BCUT2D eigenvalue weighted by atomic mass is 16.5. The molecule has 0 amide bonds. The minimum absolute atomic E-state index is 0.298. The van der Waals surface area contributed by atoms with Gasteiger partial charge >= 0.3 is 0 Å². The van der Waals surface area contributed by atoms with Gasteiger partial charge < -0.3 is 10.5 Å². The van der Waals surface area contributed by atoms with Crippen LogP contribution < -0.4 is 10.5 Å². The van der Waals surface area contributed by atoms with Gasteiger partial charge in [-0.3, -0.25) is 4.90 Å². The molecule has 0 saturated carbocycles. The molecule has 3 nitrogen and oxygen atoms in total. The van der Waals surface area contributed by atoms with E-state index >= 15 is 0 Å². The molecule has 0 aliphatic carbocycles. The Morgan fingerprint density at radius 1 is 1.44 bits per heavy atom. The number of hydrogen-bond donors (Lipinski definition) is 1. The number of hydrogen-bond acceptors (Lipinski definition) is 3. The van der Waals surface area contributed by atoms with E-state index in [0.717, 1.165) is 38.3 Å². The van der Waals surface area contributed by atoms with E-state index in [1.807, 2.05) is 6.07 Å². The Morgan fingerprint density at radius 3 is 2.89 bits per heavy atom. The maximum Gasteiger partial charge on any atom is 0.123 e. The molecule has 1 aromatic carbocycles. The quantitative estimate of drug-likeness (QED) is 0.835. The number of para-hydroxylation sites is 1. The fourth-order valence-corrected chi connectivity index (χ4v) is 2.49. The van der Waals surface area contributed by atoms with Crippen molar-refractivity contribution in [3.63, 3.8) is 0 Å². The molecule has 3 heteroatoms. The van der Waals surface area contributed by atoms with Crippen LogP contribution in [0.3, 0.4) is 0 Å². The second-order valence-electron chi connectivity index (χ2n) is 5.24. The van der Waals surface area contributed by atoms with Crippen LogP contribution in [0.15, 0.2) is 24.3 Å². The van der Waals surface area contributed by atoms with Crippen LogP contribution in [0.2, 0.25) is 0 Å². The van der Waals surface area contributed by atoms with Crippen molar-refractivity contribution in [3.05, 3.63) is 29.8 Å². The fraction of sp³-hybridized carbons (Fsp3) is 0.600. The van der Waals surface area contributed by atoms with Crippen molar-refractivity contribution in [1.82, 2.24) is 4.90 Å². The second-order valence-corrected chi connectivity index (χ2v) is 5.24. The zero-order valence-electron chi connectivity index (χ0n) is 11.4. The van der Waals surface area contributed by atoms with Gasteiger partial charge in [0.1, 0.15) is 11.9 Å². The van der Waals surface area contributed by atoms with Crippen LogP contribution in [0.25, 0.3) is 0 Å². The molecular weight excluding hydrogens is 224 g/mol. The molecule has 0 spiro atoms. The smallest absolute Gasteiger partial charge is 0.123 e. The second kappa shape index (κ2) is 6.21. The standard InChI is InChI=1S/C15H24N2O/c1-3-17(10-12(2)9-16)11-14-8-13-6-4-5-7-15(13)18-14/h4-7,12,14H,3,8-11,16H2,1-2H3. The van der Waals surface area contributed by atoms with Crippen LogP contribution in [-0.4, -0.2) is 37.2 Å². The molecule has 2 unspecified atom stereocenters. The van der Waals surface area contributed by atoms with Gasteiger partial charge in [0, 0.05) is 19.5 Å². The number of nitrogens with zero attached hydrogens (tertiary/aromatic N) is 1. The number of fused-ring (bicyclic) bond motifs is 1. The first kappa shape index (κ1) is 13.4. The van der Waals surface area contributed by atoms with E-state index in [2.05, 4.69) is 36.9 Å². The van der Waals surface area contributed by atoms with Crippen molar-refractivity contribution >= 4 is 0 Å². The van der Waals surface area contributed by atoms with Crippen molar-refractivity contribution in [3.8, 4) is 5.75 Å². The molecule has 1 heterocycles. The Labute approximate surface area is 110 Å². The Hall–Kier alpha value is -1.06. The third-order valence-electron chi connectivity index (χ3n) is 3.60. The van der Waals surface area contributed by atoms with Crippen LogP contribution >= 0.6 is 0 Å². The fourth-order valence-electron chi connectivity index (χ4n) is 2.49. The number of rotatable bonds is 6. The number of nitrogens with two attached hydrogens (primary N) is 1. The predicted octanol–water partition coefficient (Wildman–Crippen LogP) is 1.91. The lowest BCUT2D eigenvalue weighted by Gasteiger charge is -2.26. The zero-order valence-corrected chi connectivity index (χ0v) is 11.4. The highest BCUT2D eigenvalue weighted by Crippen LogP contribution is 2.28. The van der Waals surface area contributed by atoms with Crippen LogP contribution in [0.4, 0.5) is 0 Å².